The number of nitrogen functional groups attached to an aromatic ring is 1. The Morgan fingerprint density at radius 3 is 2.81 bits per heavy atom. The zero-order valence-electron chi connectivity index (χ0n) is 10.0. The van der Waals surface area contributed by atoms with Crippen LogP contribution in [0.2, 0.25) is 0 Å². The Morgan fingerprint density at radius 2 is 2.19 bits per heavy atom. The highest BCUT2D eigenvalue weighted by atomic mass is 32.2. The molecule has 4 heteroatoms. The maximum Gasteiger partial charge on any atom is 0.123 e. The van der Waals surface area contributed by atoms with Crippen LogP contribution in [0.4, 0.5) is 10.1 Å². The molecule has 16 heavy (non-hydrogen) atoms. The maximum absolute atomic E-state index is 13.1. The van der Waals surface area contributed by atoms with Crippen LogP contribution >= 0.6 is 11.8 Å². The van der Waals surface area contributed by atoms with Crippen molar-refractivity contribution in [3.63, 3.8) is 0 Å². The van der Waals surface area contributed by atoms with Gasteiger partial charge in [-0.05, 0) is 44.0 Å². The summed E-state index contributed by atoms with van der Waals surface area (Å²) in [4.78, 5) is 2.18. The van der Waals surface area contributed by atoms with Crippen LogP contribution in [0.25, 0.3) is 0 Å². The third-order valence-corrected chi connectivity index (χ3v) is 3.50. The molecule has 0 aliphatic carbocycles. The van der Waals surface area contributed by atoms with E-state index in [2.05, 4.69) is 18.1 Å². The molecule has 0 fully saturated rings. The molecule has 2 nitrogen and oxygen atoms in total. The Balaban J connectivity index is 2.68. The van der Waals surface area contributed by atoms with E-state index in [1.807, 2.05) is 18.8 Å². The molecule has 0 saturated carbocycles. The molecule has 0 radical (unpaired) electrons. The van der Waals surface area contributed by atoms with Crippen molar-refractivity contribution in [1.29, 1.82) is 0 Å². The number of rotatable bonds is 5. The third kappa shape index (κ3) is 3.68. The molecule has 1 unspecified atom stereocenters. The summed E-state index contributed by atoms with van der Waals surface area (Å²) in [6, 6.07) is 4.98. The molecule has 0 spiro atoms. The van der Waals surface area contributed by atoms with Crippen LogP contribution in [0.1, 0.15) is 12.5 Å². The van der Waals surface area contributed by atoms with Gasteiger partial charge >= 0.3 is 0 Å². The summed E-state index contributed by atoms with van der Waals surface area (Å²) in [6.07, 6.45) is 2.08. The molecule has 1 aromatic carbocycles. The summed E-state index contributed by atoms with van der Waals surface area (Å²) >= 11 is 1.81. The topological polar surface area (TPSA) is 29.3 Å². The van der Waals surface area contributed by atoms with Gasteiger partial charge in [-0.1, -0.05) is 0 Å². The molecule has 90 valence electrons. The van der Waals surface area contributed by atoms with E-state index in [0.717, 1.165) is 11.3 Å². The standard InChI is InChI=1S/C12H19FN2S/c1-9(8-16-3)15(2)7-10-6-11(13)4-5-12(10)14/h4-6,9H,7-8,14H2,1-3H3. The summed E-state index contributed by atoms with van der Waals surface area (Å²) in [6.45, 7) is 2.84. The molecular formula is C12H19FN2S. The second kappa shape index (κ2) is 6.11. The number of thioether (sulfide) groups is 1. The van der Waals surface area contributed by atoms with Gasteiger partial charge in [0.05, 0.1) is 0 Å². The highest BCUT2D eigenvalue weighted by Gasteiger charge is 2.10. The second-order valence-electron chi connectivity index (χ2n) is 4.06. The quantitative estimate of drug-likeness (QED) is 0.805. The molecule has 0 saturated heterocycles. The number of halogens is 1. The number of nitrogens with two attached hydrogens (primary N) is 1. The summed E-state index contributed by atoms with van der Waals surface area (Å²) in [5.41, 5.74) is 7.33. The smallest absolute Gasteiger partial charge is 0.123 e. The van der Waals surface area contributed by atoms with E-state index in [1.165, 1.54) is 12.1 Å². The number of hydrogen-bond acceptors (Lipinski definition) is 3. The van der Waals surface area contributed by atoms with Crippen molar-refractivity contribution in [3.8, 4) is 0 Å². The van der Waals surface area contributed by atoms with Crippen LogP contribution in [0.5, 0.6) is 0 Å². The molecule has 0 amide bonds. The Bertz CT molecular complexity index is 344. The van der Waals surface area contributed by atoms with E-state index in [4.69, 9.17) is 5.73 Å². The van der Waals surface area contributed by atoms with Gasteiger partial charge in [0, 0.05) is 24.0 Å². The molecule has 1 atom stereocenters. The number of benzene rings is 1. The molecule has 0 heterocycles. The van der Waals surface area contributed by atoms with Gasteiger partial charge in [-0.3, -0.25) is 4.90 Å². The lowest BCUT2D eigenvalue weighted by atomic mass is 10.1. The maximum atomic E-state index is 13.1. The first-order chi connectivity index (χ1) is 7.54. The molecule has 0 aliphatic heterocycles. The van der Waals surface area contributed by atoms with Gasteiger partial charge in [0.1, 0.15) is 5.82 Å². The largest absolute Gasteiger partial charge is 0.398 e. The summed E-state index contributed by atoms with van der Waals surface area (Å²) in [7, 11) is 2.03. The van der Waals surface area contributed by atoms with Crippen LogP contribution in [0, 0.1) is 5.82 Å². The first-order valence-electron chi connectivity index (χ1n) is 5.27. The van der Waals surface area contributed by atoms with Crippen LogP contribution in [0.15, 0.2) is 18.2 Å². The Hall–Kier alpha value is -0.740. The summed E-state index contributed by atoms with van der Waals surface area (Å²) in [5.74, 6) is 0.834. The van der Waals surface area contributed by atoms with Crippen molar-refractivity contribution >= 4 is 17.4 Å². The van der Waals surface area contributed by atoms with Crippen LogP contribution in [-0.2, 0) is 6.54 Å². The van der Waals surface area contributed by atoms with Gasteiger partial charge in [0.2, 0.25) is 0 Å². The lowest BCUT2D eigenvalue weighted by Gasteiger charge is -2.24. The van der Waals surface area contributed by atoms with Crippen LogP contribution in [0.3, 0.4) is 0 Å². The highest BCUT2D eigenvalue weighted by Crippen LogP contribution is 2.16. The first kappa shape index (κ1) is 13.3. The van der Waals surface area contributed by atoms with Crippen molar-refractivity contribution in [3.05, 3.63) is 29.6 Å². The Labute approximate surface area is 101 Å². The summed E-state index contributed by atoms with van der Waals surface area (Å²) in [5, 5.41) is 0. The molecule has 0 aromatic heterocycles. The number of anilines is 1. The van der Waals surface area contributed by atoms with Gasteiger partial charge in [-0.25, -0.2) is 4.39 Å². The lowest BCUT2D eigenvalue weighted by Crippen LogP contribution is -2.30. The van der Waals surface area contributed by atoms with Crippen molar-refractivity contribution < 1.29 is 4.39 Å². The SMILES string of the molecule is CSCC(C)N(C)Cc1cc(F)ccc1N. The minimum atomic E-state index is -0.227. The monoisotopic (exact) mass is 242 g/mol. The predicted molar refractivity (Wildman–Crippen MR) is 70.1 cm³/mol. The zero-order valence-corrected chi connectivity index (χ0v) is 10.9. The van der Waals surface area contributed by atoms with Gasteiger partial charge in [-0.15, -0.1) is 0 Å². The fraction of sp³-hybridized carbons (Fsp3) is 0.500. The predicted octanol–water partition coefficient (Wildman–Crippen LogP) is 2.59. The first-order valence-corrected chi connectivity index (χ1v) is 6.67. The highest BCUT2D eigenvalue weighted by molar-refractivity contribution is 7.98. The fourth-order valence-electron chi connectivity index (χ4n) is 1.50. The van der Waals surface area contributed by atoms with Crippen molar-refractivity contribution in [2.45, 2.75) is 19.5 Å². The minimum absolute atomic E-state index is 0.227. The van der Waals surface area contributed by atoms with Crippen LogP contribution < -0.4 is 5.73 Å². The second-order valence-corrected chi connectivity index (χ2v) is 4.97. The van der Waals surface area contributed by atoms with Crippen LogP contribution in [-0.4, -0.2) is 30.0 Å². The molecule has 2 N–H and O–H groups in total. The molecule has 0 bridgehead atoms. The molecule has 0 aliphatic rings. The number of nitrogens with zero attached hydrogens (tertiary/aromatic N) is 1. The average molecular weight is 242 g/mol. The van der Waals surface area contributed by atoms with Gasteiger partial charge in [0.15, 0.2) is 0 Å². The molecule has 1 aromatic rings. The fourth-order valence-corrected chi connectivity index (χ4v) is 2.24. The van der Waals surface area contributed by atoms with Gasteiger partial charge in [-0.2, -0.15) is 11.8 Å². The molecule has 1 rings (SSSR count). The summed E-state index contributed by atoms with van der Waals surface area (Å²) < 4.78 is 13.1. The third-order valence-electron chi connectivity index (χ3n) is 2.69. The van der Waals surface area contributed by atoms with E-state index in [9.17, 15) is 4.39 Å². The van der Waals surface area contributed by atoms with E-state index in [0.29, 0.717) is 18.3 Å². The molecular weight excluding hydrogens is 223 g/mol. The Morgan fingerprint density at radius 1 is 1.50 bits per heavy atom. The van der Waals surface area contributed by atoms with Gasteiger partial charge < -0.3 is 5.73 Å². The average Bonchev–Trinajstić information content (AvgIpc) is 2.23. The van der Waals surface area contributed by atoms with E-state index in [1.54, 1.807) is 6.07 Å². The zero-order chi connectivity index (χ0) is 12.1. The van der Waals surface area contributed by atoms with Crippen molar-refractivity contribution in [1.82, 2.24) is 4.90 Å². The normalized spacial score (nSPS) is 13.1. The van der Waals surface area contributed by atoms with Gasteiger partial charge in [0.25, 0.3) is 0 Å². The van der Waals surface area contributed by atoms with Crippen molar-refractivity contribution in [2.75, 3.05) is 24.8 Å². The Kier molecular flexibility index (Phi) is 5.09. The van der Waals surface area contributed by atoms with E-state index >= 15 is 0 Å². The lowest BCUT2D eigenvalue weighted by molar-refractivity contribution is 0.270. The number of hydrogen-bond donors (Lipinski definition) is 1. The van der Waals surface area contributed by atoms with E-state index in [-0.39, 0.29) is 5.82 Å². The van der Waals surface area contributed by atoms with Crippen molar-refractivity contribution in [2.24, 2.45) is 0 Å². The van der Waals surface area contributed by atoms with E-state index < -0.39 is 0 Å². The minimum Gasteiger partial charge on any atom is -0.398 e.